The lowest BCUT2D eigenvalue weighted by molar-refractivity contribution is 0.242. The Hall–Kier alpha value is -3.45. The number of nitrogens with one attached hydrogen (secondary N) is 1. The highest BCUT2D eigenvalue weighted by molar-refractivity contribution is 5.70. The van der Waals surface area contributed by atoms with Gasteiger partial charge in [-0.1, -0.05) is 19.4 Å². The number of hydrogen-bond donors (Lipinski definition) is 1. The van der Waals surface area contributed by atoms with Gasteiger partial charge in [-0.15, -0.1) is 0 Å². The van der Waals surface area contributed by atoms with Crippen LogP contribution in [0.1, 0.15) is 31.2 Å². The van der Waals surface area contributed by atoms with Gasteiger partial charge in [0.05, 0.1) is 12.2 Å². The van der Waals surface area contributed by atoms with Crippen LogP contribution >= 0.6 is 0 Å². The molecule has 1 saturated heterocycles. The van der Waals surface area contributed by atoms with E-state index in [0.717, 1.165) is 12.8 Å². The van der Waals surface area contributed by atoms with Crippen molar-refractivity contribution in [3.8, 4) is 6.07 Å². The van der Waals surface area contributed by atoms with Crippen molar-refractivity contribution in [3.63, 3.8) is 0 Å². The van der Waals surface area contributed by atoms with Crippen LogP contribution in [0.15, 0.2) is 27.8 Å². The standard InChI is InChI=1S/C22H26FN7O2/c1-3-4-8-30-20-19(21(31)26-22(30)32)27(2)18(25-20)14-28-9-11-29(12-10-28)17-7-5-6-16(23)15(17)13-24/h5-7H,3-4,8-12,14H2,1-2H3,(H,26,31,32). The van der Waals surface area contributed by atoms with Crippen molar-refractivity contribution in [3.05, 3.63) is 56.2 Å². The van der Waals surface area contributed by atoms with Crippen molar-refractivity contribution in [2.45, 2.75) is 32.9 Å². The molecule has 168 valence electrons. The molecular formula is C22H26FN7O2. The molecule has 1 aliphatic heterocycles. The first kappa shape index (κ1) is 21.8. The number of halogens is 1. The number of aryl methyl sites for hydroxylation is 2. The number of rotatable bonds is 6. The maximum atomic E-state index is 14.0. The number of piperazine rings is 1. The SMILES string of the molecule is CCCCn1c(=O)[nH]c(=O)c2c1nc(CN1CCN(c3cccc(F)c3C#N)CC1)n2C. The Morgan fingerprint density at radius 2 is 1.97 bits per heavy atom. The average Bonchev–Trinajstić information content (AvgIpc) is 3.10. The number of nitriles is 1. The van der Waals surface area contributed by atoms with E-state index in [-0.39, 0.29) is 5.56 Å². The van der Waals surface area contributed by atoms with Gasteiger partial charge in [0.2, 0.25) is 0 Å². The van der Waals surface area contributed by atoms with Crippen LogP contribution in [0.4, 0.5) is 10.1 Å². The molecule has 3 heterocycles. The van der Waals surface area contributed by atoms with Crippen LogP contribution in [-0.2, 0) is 20.1 Å². The zero-order chi connectivity index (χ0) is 22.8. The highest BCUT2D eigenvalue weighted by Gasteiger charge is 2.23. The lowest BCUT2D eigenvalue weighted by Gasteiger charge is -2.36. The third-order valence-electron chi connectivity index (χ3n) is 6.02. The summed E-state index contributed by atoms with van der Waals surface area (Å²) in [6, 6.07) is 6.64. The first-order chi connectivity index (χ1) is 15.4. The van der Waals surface area contributed by atoms with Crippen LogP contribution in [0.3, 0.4) is 0 Å². The van der Waals surface area contributed by atoms with E-state index in [4.69, 9.17) is 0 Å². The van der Waals surface area contributed by atoms with Gasteiger partial charge in [-0.2, -0.15) is 5.26 Å². The number of anilines is 1. The number of benzene rings is 1. The zero-order valence-electron chi connectivity index (χ0n) is 18.3. The normalized spacial score (nSPS) is 14.8. The molecule has 10 heteroatoms. The fourth-order valence-corrected chi connectivity index (χ4v) is 4.19. The maximum Gasteiger partial charge on any atom is 0.330 e. The Morgan fingerprint density at radius 3 is 2.66 bits per heavy atom. The van der Waals surface area contributed by atoms with Gasteiger partial charge in [0, 0.05) is 39.8 Å². The number of aromatic nitrogens is 4. The molecule has 0 radical (unpaired) electrons. The van der Waals surface area contributed by atoms with Gasteiger partial charge >= 0.3 is 5.69 Å². The van der Waals surface area contributed by atoms with Gasteiger partial charge in [-0.05, 0) is 18.6 Å². The van der Waals surface area contributed by atoms with Crippen LogP contribution in [-0.4, -0.2) is 50.2 Å². The van der Waals surface area contributed by atoms with Gasteiger partial charge in [0.1, 0.15) is 23.3 Å². The lowest BCUT2D eigenvalue weighted by Crippen LogP contribution is -2.46. The zero-order valence-corrected chi connectivity index (χ0v) is 18.3. The number of unbranched alkanes of at least 4 members (excludes halogenated alkanes) is 1. The van der Waals surface area contributed by atoms with E-state index in [1.807, 2.05) is 17.9 Å². The molecule has 0 saturated carbocycles. The third-order valence-corrected chi connectivity index (χ3v) is 6.02. The number of fused-ring (bicyclic) bond motifs is 1. The van der Waals surface area contributed by atoms with Crippen LogP contribution in [0.2, 0.25) is 0 Å². The molecule has 4 rings (SSSR count). The Bertz CT molecular complexity index is 1290. The summed E-state index contributed by atoms with van der Waals surface area (Å²) in [4.78, 5) is 36.0. The van der Waals surface area contributed by atoms with Gasteiger partial charge in [0.25, 0.3) is 5.56 Å². The summed E-state index contributed by atoms with van der Waals surface area (Å²) < 4.78 is 17.3. The van der Waals surface area contributed by atoms with E-state index >= 15 is 0 Å². The van der Waals surface area contributed by atoms with Gasteiger partial charge in [-0.25, -0.2) is 14.2 Å². The maximum absolute atomic E-state index is 14.0. The quantitative estimate of drug-likeness (QED) is 0.625. The predicted octanol–water partition coefficient (Wildman–Crippen LogP) is 1.56. The van der Waals surface area contributed by atoms with Crippen LogP contribution in [0.25, 0.3) is 11.2 Å². The monoisotopic (exact) mass is 439 g/mol. The van der Waals surface area contributed by atoms with E-state index in [1.165, 1.54) is 10.6 Å². The molecule has 1 aromatic carbocycles. The molecule has 1 fully saturated rings. The average molecular weight is 439 g/mol. The van der Waals surface area contributed by atoms with Crippen molar-refractivity contribution in [1.82, 2.24) is 24.0 Å². The Morgan fingerprint density at radius 1 is 1.22 bits per heavy atom. The molecule has 32 heavy (non-hydrogen) atoms. The second-order valence-electron chi connectivity index (χ2n) is 8.03. The van der Waals surface area contributed by atoms with Crippen molar-refractivity contribution in [2.24, 2.45) is 7.05 Å². The van der Waals surface area contributed by atoms with E-state index in [9.17, 15) is 19.2 Å². The largest absolute Gasteiger partial charge is 0.368 e. The summed E-state index contributed by atoms with van der Waals surface area (Å²) >= 11 is 0. The second kappa shape index (κ2) is 8.96. The molecule has 1 aliphatic rings. The molecule has 0 bridgehead atoms. The minimum Gasteiger partial charge on any atom is -0.368 e. The number of nitrogens with zero attached hydrogens (tertiary/aromatic N) is 6. The van der Waals surface area contributed by atoms with Gasteiger partial charge < -0.3 is 9.47 Å². The number of imidazole rings is 1. The van der Waals surface area contributed by atoms with E-state index < -0.39 is 17.1 Å². The molecule has 1 N–H and O–H groups in total. The second-order valence-corrected chi connectivity index (χ2v) is 8.03. The van der Waals surface area contributed by atoms with Crippen molar-refractivity contribution >= 4 is 16.9 Å². The van der Waals surface area contributed by atoms with Crippen molar-refractivity contribution < 1.29 is 4.39 Å². The van der Waals surface area contributed by atoms with Gasteiger partial charge in [-0.3, -0.25) is 19.2 Å². The minimum absolute atomic E-state index is 0.0700. The minimum atomic E-state index is -0.508. The Balaban J connectivity index is 1.54. The highest BCUT2D eigenvalue weighted by atomic mass is 19.1. The fourth-order valence-electron chi connectivity index (χ4n) is 4.19. The molecule has 2 aromatic heterocycles. The number of aromatic amines is 1. The molecule has 9 nitrogen and oxygen atoms in total. The molecule has 0 aliphatic carbocycles. The summed E-state index contributed by atoms with van der Waals surface area (Å²) in [5.41, 5.74) is 0.632. The van der Waals surface area contributed by atoms with E-state index in [2.05, 4.69) is 14.9 Å². The smallest absolute Gasteiger partial charge is 0.330 e. The summed E-state index contributed by atoms with van der Waals surface area (Å²) in [5, 5.41) is 9.30. The van der Waals surface area contributed by atoms with Crippen LogP contribution in [0.5, 0.6) is 0 Å². The molecule has 3 aromatic rings. The van der Waals surface area contributed by atoms with E-state index in [1.54, 1.807) is 23.7 Å². The summed E-state index contributed by atoms with van der Waals surface area (Å²) in [6.45, 7) is 5.75. The predicted molar refractivity (Wildman–Crippen MR) is 119 cm³/mol. The molecular weight excluding hydrogens is 413 g/mol. The molecule has 0 atom stereocenters. The first-order valence-electron chi connectivity index (χ1n) is 10.8. The highest BCUT2D eigenvalue weighted by Crippen LogP contribution is 2.24. The number of H-pyrrole nitrogens is 1. The lowest BCUT2D eigenvalue weighted by atomic mass is 10.1. The molecule has 0 amide bonds. The third kappa shape index (κ3) is 3.91. The van der Waals surface area contributed by atoms with Crippen molar-refractivity contribution in [2.75, 3.05) is 31.1 Å². The van der Waals surface area contributed by atoms with Crippen LogP contribution in [0, 0.1) is 17.1 Å². The van der Waals surface area contributed by atoms with Crippen molar-refractivity contribution in [1.29, 1.82) is 5.26 Å². The topological polar surface area (TPSA) is 103 Å². The Kier molecular flexibility index (Phi) is 6.10. The van der Waals surface area contributed by atoms with Crippen LogP contribution < -0.4 is 16.1 Å². The summed E-state index contributed by atoms with van der Waals surface area (Å²) in [7, 11) is 1.79. The Labute approximate surface area is 184 Å². The molecule has 0 unspecified atom stereocenters. The fraction of sp³-hybridized carbons (Fsp3) is 0.455. The summed E-state index contributed by atoms with van der Waals surface area (Å²) in [6.07, 6.45) is 1.75. The molecule has 0 spiro atoms. The summed E-state index contributed by atoms with van der Waals surface area (Å²) in [5.74, 6) is 0.199. The van der Waals surface area contributed by atoms with Gasteiger partial charge in [0.15, 0.2) is 11.2 Å². The van der Waals surface area contributed by atoms with E-state index in [0.29, 0.717) is 61.9 Å². The number of hydrogen-bond acceptors (Lipinski definition) is 6. The first-order valence-corrected chi connectivity index (χ1v) is 10.8.